The molecule has 0 bridgehead atoms. The molecular weight excluding hydrogens is 302 g/mol. The number of ether oxygens (including phenoxy) is 2. The lowest BCUT2D eigenvalue weighted by Crippen LogP contribution is -2.31. The molecule has 0 saturated heterocycles. The minimum atomic E-state index is -0.721. The van der Waals surface area contributed by atoms with Crippen molar-refractivity contribution < 1.29 is 14.3 Å². The van der Waals surface area contributed by atoms with Gasteiger partial charge in [0.05, 0.1) is 18.6 Å². The molecule has 0 radical (unpaired) electrons. The van der Waals surface area contributed by atoms with Gasteiger partial charge in [0.25, 0.3) is 0 Å². The first-order chi connectivity index (χ1) is 11.6. The summed E-state index contributed by atoms with van der Waals surface area (Å²) in [5, 5.41) is 0. The van der Waals surface area contributed by atoms with Crippen LogP contribution in [0.15, 0.2) is 54.7 Å². The minimum absolute atomic E-state index is 0.0392. The van der Waals surface area contributed by atoms with Crippen molar-refractivity contribution in [3.63, 3.8) is 0 Å². The standard InChI is InChI=1S/C20H21NO3/c1-20(2,16-23-15-17-9-4-3-5-10-17)19(22)24-14-8-12-18-11-6-7-13-21-18/h3-7,9-11,13H,14-16H2,1-2H3. The Morgan fingerprint density at radius 2 is 1.88 bits per heavy atom. The zero-order chi connectivity index (χ0) is 17.3. The van der Waals surface area contributed by atoms with Gasteiger partial charge in [0.1, 0.15) is 5.69 Å². The van der Waals surface area contributed by atoms with E-state index < -0.39 is 5.41 Å². The smallest absolute Gasteiger partial charge is 0.314 e. The van der Waals surface area contributed by atoms with Crippen molar-refractivity contribution in [2.75, 3.05) is 13.2 Å². The van der Waals surface area contributed by atoms with E-state index in [0.717, 1.165) is 5.56 Å². The molecule has 0 N–H and O–H groups in total. The van der Waals surface area contributed by atoms with Crippen LogP contribution in [0.5, 0.6) is 0 Å². The molecule has 0 aliphatic heterocycles. The van der Waals surface area contributed by atoms with Crippen LogP contribution in [0.1, 0.15) is 25.1 Å². The molecule has 24 heavy (non-hydrogen) atoms. The number of aromatic nitrogens is 1. The number of rotatable bonds is 6. The lowest BCUT2D eigenvalue weighted by atomic mass is 9.95. The van der Waals surface area contributed by atoms with E-state index in [9.17, 15) is 4.79 Å². The highest BCUT2D eigenvalue weighted by Gasteiger charge is 2.29. The third-order valence-electron chi connectivity index (χ3n) is 3.28. The molecule has 0 atom stereocenters. The molecule has 0 aliphatic carbocycles. The van der Waals surface area contributed by atoms with Gasteiger partial charge in [-0.05, 0) is 37.5 Å². The first-order valence-electron chi connectivity index (χ1n) is 7.77. The van der Waals surface area contributed by atoms with E-state index in [0.29, 0.717) is 12.3 Å². The van der Waals surface area contributed by atoms with Crippen LogP contribution >= 0.6 is 0 Å². The molecule has 0 unspecified atom stereocenters. The van der Waals surface area contributed by atoms with Crippen LogP contribution in [0.4, 0.5) is 0 Å². The maximum absolute atomic E-state index is 12.1. The van der Waals surface area contributed by atoms with Gasteiger partial charge in [-0.3, -0.25) is 4.79 Å². The molecule has 0 fully saturated rings. The summed E-state index contributed by atoms with van der Waals surface area (Å²) < 4.78 is 10.8. The highest BCUT2D eigenvalue weighted by Crippen LogP contribution is 2.18. The van der Waals surface area contributed by atoms with Crippen LogP contribution in [0.3, 0.4) is 0 Å². The molecular formula is C20H21NO3. The maximum Gasteiger partial charge on any atom is 0.314 e. The number of carbonyl (C=O) groups is 1. The second-order valence-electron chi connectivity index (χ2n) is 5.96. The molecule has 0 amide bonds. The van der Waals surface area contributed by atoms with Crippen LogP contribution in [0.2, 0.25) is 0 Å². The monoisotopic (exact) mass is 323 g/mol. The largest absolute Gasteiger partial charge is 0.452 e. The Kier molecular flexibility index (Phi) is 6.53. The predicted molar refractivity (Wildman–Crippen MR) is 92.0 cm³/mol. The second kappa shape index (κ2) is 8.85. The molecule has 4 heteroatoms. The Balaban J connectivity index is 1.75. The van der Waals surface area contributed by atoms with Gasteiger partial charge in [-0.15, -0.1) is 0 Å². The molecule has 124 valence electrons. The molecule has 1 aromatic heterocycles. The zero-order valence-electron chi connectivity index (χ0n) is 14.0. The van der Waals surface area contributed by atoms with E-state index in [1.54, 1.807) is 26.1 Å². The number of carbonyl (C=O) groups excluding carboxylic acids is 1. The van der Waals surface area contributed by atoms with Gasteiger partial charge in [-0.2, -0.15) is 0 Å². The van der Waals surface area contributed by atoms with Gasteiger partial charge in [0.2, 0.25) is 0 Å². The van der Waals surface area contributed by atoms with Crippen molar-refractivity contribution in [2.45, 2.75) is 20.5 Å². The lowest BCUT2D eigenvalue weighted by Gasteiger charge is -2.21. The van der Waals surface area contributed by atoms with Gasteiger partial charge < -0.3 is 9.47 Å². The second-order valence-corrected chi connectivity index (χ2v) is 5.96. The minimum Gasteiger partial charge on any atom is -0.452 e. The van der Waals surface area contributed by atoms with E-state index in [1.165, 1.54) is 0 Å². The fraction of sp³-hybridized carbons (Fsp3) is 0.300. The van der Waals surface area contributed by atoms with Crippen LogP contribution in [0.25, 0.3) is 0 Å². The molecule has 4 nitrogen and oxygen atoms in total. The topological polar surface area (TPSA) is 48.4 Å². The number of hydrogen-bond acceptors (Lipinski definition) is 4. The number of nitrogens with zero attached hydrogens (tertiary/aromatic N) is 1. The summed E-state index contributed by atoms with van der Waals surface area (Å²) in [4.78, 5) is 16.2. The van der Waals surface area contributed by atoms with Crippen molar-refractivity contribution >= 4 is 5.97 Å². The summed E-state index contributed by atoms with van der Waals surface area (Å²) >= 11 is 0. The van der Waals surface area contributed by atoms with Gasteiger partial charge in [-0.1, -0.05) is 42.3 Å². The van der Waals surface area contributed by atoms with E-state index in [-0.39, 0.29) is 19.2 Å². The van der Waals surface area contributed by atoms with Crippen LogP contribution < -0.4 is 0 Å². The van der Waals surface area contributed by atoms with Gasteiger partial charge in [0, 0.05) is 6.20 Å². The quantitative estimate of drug-likeness (QED) is 0.605. The van der Waals surface area contributed by atoms with Crippen LogP contribution in [-0.4, -0.2) is 24.2 Å². The SMILES string of the molecule is CC(C)(COCc1ccccc1)C(=O)OCC#Cc1ccccn1. The molecule has 1 aromatic carbocycles. The number of esters is 1. The highest BCUT2D eigenvalue weighted by molar-refractivity contribution is 5.76. The van der Waals surface area contributed by atoms with Gasteiger partial charge >= 0.3 is 5.97 Å². The van der Waals surface area contributed by atoms with Gasteiger partial charge in [0.15, 0.2) is 6.61 Å². The normalized spacial score (nSPS) is 10.6. The fourth-order valence-corrected chi connectivity index (χ4v) is 1.92. The summed E-state index contributed by atoms with van der Waals surface area (Å²) in [7, 11) is 0. The Morgan fingerprint density at radius 1 is 1.12 bits per heavy atom. The third kappa shape index (κ3) is 5.86. The van der Waals surface area contributed by atoms with Crippen molar-refractivity contribution in [2.24, 2.45) is 5.41 Å². The van der Waals surface area contributed by atoms with Crippen molar-refractivity contribution in [1.29, 1.82) is 0 Å². The number of benzene rings is 1. The molecule has 0 spiro atoms. The third-order valence-corrected chi connectivity index (χ3v) is 3.28. The van der Waals surface area contributed by atoms with E-state index in [2.05, 4.69) is 16.8 Å². The molecule has 0 saturated carbocycles. The fourth-order valence-electron chi connectivity index (χ4n) is 1.92. The van der Waals surface area contributed by atoms with E-state index >= 15 is 0 Å². The predicted octanol–water partition coefficient (Wildman–Crippen LogP) is 3.22. The molecule has 2 rings (SSSR count). The Labute approximate surface area is 142 Å². The summed E-state index contributed by atoms with van der Waals surface area (Å²) in [5.41, 5.74) is 1.00. The van der Waals surface area contributed by atoms with E-state index in [4.69, 9.17) is 9.47 Å². The summed E-state index contributed by atoms with van der Waals surface area (Å²) in [6.45, 7) is 4.39. The maximum atomic E-state index is 12.1. The molecule has 1 heterocycles. The highest BCUT2D eigenvalue weighted by atomic mass is 16.5. The van der Waals surface area contributed by atoms with Crippen LogP contribution in [0, 0.1) is 17.3 Å². The van der Waals surface area contributed by atoms with Crippen molar-refractivity contribution in [3.8, 4) is 11.8 Å². The Morgan fingerprint density at radius 3 is 2.58 bits per heavy atom. The summed E-state index contributed by atoms with van der Waals surface area (Å²) in [5.74, 6) is 5.31. The van der Waals surface area contributed by atoms with Gasteiger partial charge in [-0.25, -0.2) is 4.98 Å². The van der Waals surface area contributed by atoms with Crippen molar-refractivity contribution in [1.82, 2.24) is 4.98 Å². The first kappa shape index (κ1) is 17.7. The first-order valence-corrected chi connectivity index (χ1v) is 7.77. The van der Waals surface area contributed by atoms with Crippen LogP contribution in [-0.2, 0) is 20.9 Å². The molecule has 0 aliphatic rings. The van der Waals surface area contributed by atoms with E-state index in [1.807, 2.05) is 42.5 Å². The average Bonchev–Trinajstić information content (AvgIpc) is 2.60. The number of hydrogen-bond donors (Lipinski definition) is 0. The van der Waals surface area contributed by atoms with Crippen molar-refractivity contribution in [3.05, 3.63) is 66.0 Å². The molecule has 2 aromatic rings. The number of pyridine rings is 1. The zero-order valence-corrected chi connectivity index (χ0v) is 14.0. The summed E-state index contributed by atoms with van der Waals surface area (Å²) in [6, 6.07) is 15.3. The average molecular weight is 323 g/mol. The lowest BCUT2D eigenvalue weighted by molar-refractivity contribution is -0.156. The Hall–Kier alpha value is -2.64. The Bertz CT molecular complexity index is 700. The summed E-state index contributed by atoms with van der Waals surface area (Å²) in [6.07, 6.45) is 1.67.